The molecule has 108 valence electrons. The van der Waals surface area contributed by atoms with Crippen LogP contribution in [0.3, 0.4) is 0 Å². The van der Waals surface area contributed by atoms with E-state index in [0.29, 0.717) is 11.3 Å². The lowest BCUT2D eigenvalue weighted by Gasteiger charge is -2.08. The number of carbonyl (C=O) groups is 1. The van der Waals surface area contributed by atoms with Crippen LogP contribution >= 0.6 is 0 Å². The lowest BCUT2D eigenvalue weighted by Crippen LogP contribution is -2.06. The zero-order valence-corrected chi connectivity index (χ0v) is 11.3. The summed E-state index contributed by atoms with van der Waals surface area (Å²) in [6.07, 6.45) is 0. The van der Waals surface area contributed by atoms with E-state index in [9.17, 15) is 14.9 Å². The highest BCUT2D eigenvalue weighted by Gasteiger charge is 2.17. The molecule has 0 unspecified atom stereocenters. The lowest BCUT2D eigenvalue weighted by atomic mass is 10.1. The van der Waals surface area contributed by atoms with Crippen molar-refractivity contribution in [2.24, 2.45) is 0 Å². The van der Waals surface area contributed by atoms with Gasteiger partial charge in [0.05, 0.1) is 23.2 Å². The zero-order chi connectivity index (χ0) is 15.2. The highest BCUT2D eigenvalue weighted by atomic mass is 16.6. The summed E-state index contributed by atoms with van der Waals surface area (Å²) >= 11 is 0. The van der Waals surface area contributed by atoms with Gasteiger partial charge < -0.3 is 9.47 Å². The maximum atomic E-state index is 11.5. The quantitative estimate of drug-likeness (QED) is 0.480. The summed E-state index contributed by atoms with van der Waals surface area (Å²) < 4.78 is 10.1. The molecule has 0 atom stereocenters. The van der Waals surface area contributed by atoms with E-state index in [1.165, 1.54) is 25.3 Å². The van der Waals surface area contributed by atoms with Gasteiger partial charge in [-0.05, 0) is 24.3 Å². The fraction of sp³-hybridized carbons (Fsp3) is 0.133. The molecule has 21 heavy (non-hydrogen) atoms. The van der Waals surface area contributed by atoms with E-state index in [-0.39, 0.29) is 17.9 Å². The van der Waals surface area contributed by atoms with Crippen LogP contribution in [-0.4, -0.2) is 18.0 Å². The van der Waals surface area contributed by atoms with Gasteiger partial charge in [-0.3, -0.25) is 10.1 Å². The molecular formula is C15H13NO5. The van der Waals surface area contributed by atoms with Crippen molar-refractivity contribution >= 4 is 11.7 Å². The van der Waals surface area contributed by atoms with Crippen molar-refractivity contribution in [3.05, 3.63) is 69.8 Å². The number of benzene rings is 2. The van der Waals surface area contributed by atoms with Crippen molar-refractivity contribution in [3.8, 4) is 5.75 Å². The molecule has 2 aromatic carbocycles. The van der Waals surface area contributed by atoms with E-state index >= 15 is 0 Å². The monoisotopic (exact) mass is 287 g/mol. The van der Waals surface area contributed by atoms with E-state index < -0.39 is 10.9 Å². The molecule has 0 aromatic heterocycles. The van der Waals surface area contributed by atoms with Gasteiger partial charge in [0.1, 0.15) is 12.4 Å². The highest BCUT2D eigenvalue weighted by molar-refractivity contribution is 5.89. The normalized spacial score (nSPS) is 9.95. The van der Waals surface area contributed by atoms with Crippen LogP contribution in [0.1, 0.15) is 15.9 Å². The number of rotatable bonds is 5. The molecule has 0 bridgehead atoms. The number of carbonyl (C=O) groups excluding carboxylic acids is 1. The summed E-state index contributed by atoms with van der Waals surface area (Å²) in [5.74, 6) is 0.0427. The average molecular weight is 287 g/mol. The number of nitro groups is 1. The molecule has 6 heteroatoms. The number of hydrogen-bond donors (Lipinski definition) is 0. The first-order valence-corrected chi connectivity index (χ1v) is 6.15. The van der Waals surface area contributed by atoms with Crippen LogP contribution in [0.5, 0.6) is 5.75 Å². The third-order valence-electron chi connectivity index (χ3n) is 2.83. The molecule has 0 heterocycles. The molecule has 0 amide bonds. The minimum atomic E-state index is -0.550. The third kappa shape index (κ3) is 3.56. The van der Waals surface area contributed by atoms with Crippen LogP contribution in [0.15, 0.2) is 48.5 Å². The SMILES string of the molecule is COC(=O)c1ccc([N+](=O)[O-])c(COc2ccccc2)c1. The van der Waals surface area contributed by atoms with Crippen molar-refractivity contribution in [2.45, 2.75) is 6.61 Å². The standard InChI is InChI=1S/C15H13NO5/c1-20-15(17)11-7-8-14(16(18)19)12(9-11)10-21-13-5-3-2-4-6-13/h2-9H,10H2,1H3. The molecule has 0 aliphatic carbocycles. The van der Waals surface area contributed by atoms with Crippen molar-refractivity contribution in [3.63, 3.8) is 0 Å². The van der Waals surface area contributed by atoms with Gasteiger partial charge in [0.25, 0.3) is 5.69 Å². The Bertz CT molecular complexity index is 654. The summed E-state index contributed by atoms with van der Waals surface area (Å²) in [6, 6.07) is 13.0. The van der Waals surface area contributed by atoms with E-state index in [1.807, 2.05) is 6.07 Å². The number of nitro benzene ring substituents is 1. The van der Waals surface area contributed by atoms with Crippen LogP contribution in [0, 0.1) is 10.1 Å². The Hall–Kier alpha value is -2.89. The Balaban J connectivity index is 2.26. The molecule has 0 saturated carbocycles. The summed E-state index contributed by atoms with van der Waals surface area (Å²) in [5, 5.41) is 11.0. The van der Waals surface area contributed by atoms with Crippen molar-refractivity contribution in [1.29, 1.82) is 0 Å². The molecule has 0 radical (unpaired) electrons. The minimum Gasteiger partial charge on any atom is -0.489 e. The Morgan fingerprint density at radius 2 is 1.90 bits per heavy atom. The number of para-hydroxylation sites is 1. The summed E-state index contributed by atoms with van der Waals surface area (Å²) in [5.41, 5.74) is 0.458. The minimum absolute atomic E-state index is 0.00877. The average Bonchev–Trinajstić information content (AvgIpc) is 2.52. The van der Waals surface area contributed by atoms with Gasteiger partial charge in [-0.2, -0.15) is 0 Å². The van der Waals surface area contributed by atoms with Crippen LogP contribution in [0.4, 0.5) is 5.69 Å². The number of hydrogen-bond acceptors (Lipinski definition) is 5. The zero-order valence-electron chi connectivity index (χ0n) is 11.3. The second-order valence-electron chi connectivity index (χ2n) is 4.19. The van der Waals surface area contributed by atoms with Crippen molar-refractivity contribution in [1.82, 2.24) is 0 Å². The smallest absolute Gasteiger partial charge is 0.337 e. The fourth-order valence-corrected chi connectivity index (χ4v) is 1.80. The van der Waals surface area contributed by atoms with E-state index in [0.717, 1.165) is 0 Å². The van der Waals surface area contributed by atoms with Crippen LogP contribution < -0.4 is 4.74 Å². The Morgan fingerprint density at radius 1 is 1.19 bits per heavy atom. The first-order valence-electron chi connectivity index (χ1n) is 6.15. The van der Waals surface area contributed by atoms with Gasteiger partial charge in [-0.15, -0.1) is 0 Å². The van der Waals surface area contributed by atoms with Crippen LogP contribution in [0.2, 0.25) is 0 Å². The largest absolute Gasteiger partial charge is 0.489 e. The molecule has 0 fully saturated rings. The van der Waals surface area contributed by atoms with Gasteiger partial charge >= 0.3 is 5.97 Å². The first kappa shape index (κ1) is 14.5. The second-order valence-corrected chi connectivity index (χ2v) is 4.19. The Morgan fingerprint density at radius 3 is 2.52 bits per heavy atom. The number of methoxy groups -OCH3 is 1. The lowest BCUT2D eigenvalue weighted by molar-refractivity contribution is -0.385. The topological polar surface area (TPSA) is 78.7 Å². The summed E-state index contributed by atoms with van der Waals surface area (Å²) in [4.78, 5) is 22.0. The maximum Gasteiger partial charge on any atom is 0.337 e. The molecule has 0 aliphatic heterocycles. The van der Waals surface area contributed by atoms with E-state index in [4.69, 9.17) is 4.74 Å². The van der Waals surface area contributed by atoms with E-state index in [2.05, 4.69) is 4.74 Å². The molecule has 0 spiro atoms. The predicted molar refractivity (Wildman–Crippen MR) is 75.2 cm³/mol. The van der Waals surface area contributed by atoms with Gasteiger partial charge in [-0.25, -0.2) is 4.79 Å². The first-order chi connectivity index (χ1) is 10.1. The van der Waals surface area contributed by atoms with Gasteiger partial charge in [-0.1, -0.05) is 18.2 Å². The number of nitrogens with zero attached hydrogens (tertiary/aromatic N) is 1. The number of ether oxygens (including phenoxy) is 2. The second kappa shape index (κ2) is 6.51. The Labute approximate surface area is 121 Å². The molecule has 0 aliphatic rings. The fourth-order valence-electron chi connectivity index (χ4n) is 1.80. The molecule has 2 rings (SSSR count). The molecular weight excluding hydrogens is 274 g/mol. The van der Waals surface area contributed by atoms with Crippen LogP contribution in [0.25, 0.3) is 0 Å². The highest BCUT2D eigenvalue weighted by Crippen LogP contribution is 2.22. The Kier molecular flexibility index (Phi) is 4.50. The summed E-state index contributed by atoms with van der Waals surface area (Å²) in [6.45, 7) is -0.00877. The maximum absolute atomic E-state index is 11.5. The molecule has 6 nitrogen and oxygen atoms in total. The van der Waals surface area contributed by atoms with E-state index in [1.54, 1.807) is 24.3 Å². The van der Waals surface area contributed by atoms with Gasteiger partial charge in [0, 0.05) is 6.07 Å². The van der Waals surface area contributed by atoms with Gasteiger partial charge in [0.15, 0.2) is 0 Å². The molecule has 0 saturated heterocycles. The van der Waals surface area contributed by atoms with Gasteiger partial charge in [0.2, 0.25) is 0 Å². The van der Waals surface area contributed by atoms with Crippen LogP contribution in [-0.2, 0) is 11.3 Å². The molecule has 2 aromatic rings. The molecule has 0 N–H and O–H groups in total. The predicted octanol–water partition coefficient (Wildman–Crippen LogP) is 2.96. The number of esters is 1. The van der Waals surface area contributed by atoms with Crippen molar-refractivity contribution < 1.29 is 19.2 Å². The van der Waals surface area contributed by atoms with Crippen molar-refractivity contribution in [2.75, 3.05) is 7.11 Å². The summed E-state index contributed by atoms with van der Waals surface area (Å²) in [7, 11) is 1.25. The third-order valence-corrected chi connectivity index (χ3v) is 2.83.